The largest absolute Gasteiger partial charge is 0.504 e. The van der Waals surface area contributed by atoms with E-state index in [1.54, 1.807) is 7.11 Å². The van der Waals surface area contributed by atoms with Gasteiger partial charge in [-0.3, -0.25) is 0 Å². The van der Waals surface area contributed by atoms with Gasteiger partial charge in [-0.2, -0.15) is 0 Å². The van der Waals surface area contributed by atoms with Crippen LogP contribution in [0.1, 0.15) is 0 Å². The van der Waals surface area contributed by atoms with Crippen LogP contribution in [0.3, 0.4) is 0 Å². The first-order valence-corrected chi connectivity index (χ1v) is 5.30. The van der Waals surface area contributed by atoms with Gasteiger partial charge in [-0.15, -0.1) is 0 Å². The van der Waals surface area contributed by atoms with Crippen molar-refractivity contribution >= 4 is 13.3 Å². The summed E-state index contributed by atoms with van der Waals surface area (Å²) >= 11 is 0. The van der Waals surface area contributed by atoms with Gasteiger partial charge in [-0.05, 0) is 17.1 Å². The lowest BCUT2D eigenvalue weighted by Gasteiger charge is -2.14. The Morgan fingerprint density at radius 3 is 2.35 bits per heavy atom. The van der Waals surface area contributed by atoms with E-state index >= 15 is 0 Å². The van der Waals surface area contributed by atoms with Gasteiger partial charge in [0.15, 0.2) is 11.5 Å². The van der Waals surface area contributed by atoms with Crippen molar-refractivity contribution in [3.05, 3.63) is 36.4 Å². The first kappa shape index (κ1) is 11.4. The topological polar surface area (TPSA) is 49.7 Å². The Balaban J connectivity index is 2.75. The van der Waals surface area contributed by atoms with Gasteiger partial charge in [-0.1, -0.05) is 30.3 Å². The molecule has 0 fully saturated rings. The Bertz CT molecular complexity index is 538. The van der Waals surface area contributed by atoms with Gasteiger partial charge < -0.3 is 14.9 Å². The van der Waals surface area contributed by atoms with Crippen LogP contribution < -0.4 is 10.2 Å². The first-order chi connectivity index (χ1) is 8.15. The summed E-state index contributed by atoms with van der Waals surface area (Å²) in [6.07, 6.45) is 0. The minimum Gasteiger partial charge on any atom is -0.504 e. The molecule has 2 aromatic rings. The molecule has 2 aromatic carbocycles. The van der Waals surface area contributed by atoms with Crippen molar-refractivity contribution in [2.75, 3.05) is 7.11 Å². The number of hydrogen-bond donors (Lipinski definition) is 2. The van der Waals surface area contributed by atoms with Crippen LogP contribution in [0, 0.1) is 0 Å². The minimum atomic E-state index is -0.154. The second kappa shape index (κ2) is 4.41. The molecular weight excluding hydrogens is 215 g/mol. The molecular formula is C13H13BO3. The van der Waals surface area contributed by atoms with E-state index < -0.39 is 0 Å². The SMILES string of the molecule is Bc1cc(O)c(O)c(-c2ccccc2)c1OC. The number of benzene rings is 2. The Labute approximate surface area is 101 Å². The summed E-state index contributed by atoms with van der Waals surface area (Å²) in [5, 5.41) is 19.6. The van der Waals surface area contributed by atoms with E-state index in [9.17, 15) is 10.2 Å². The third-order valence-electron chi connectivity index (χ3n) is 2.68. The number of phenolic OH excluding ortho intramolecular Hbond substituents is 2. The molecule has 0 saturated carbocycles. The molecule has 0 aliphatic rings. The highest BCUT2D eigenvalue weighted by molar-refractivity contribution is 6.35. The quantitative estimate of drug-likeness (QED) is 0.596. The highest BCUT2D eigenvalue weighted by atomic mass is 16.5. The molecule has 0 heterocycles. The molecule has 0 aliphatic heterocycles. The molecule has 0 bridgehead atoms. The summed E-state index contributed by atoms with van der Waals surface area (Å²) in [7, 11) is 3.37. The van der Waals surface area contributed by atoms with Gasteiger partial charge in [-0.25, -0.2) is 0 Å². The van der Waals surface area contributed by atoms with E-state index in [1.807, 2.05) is 38.2 Å². The Morgan fingerprint density at radius 1 is 1.12 bits per heavy atom. The predicted molar refractivity (Wildman–Crippen MR) is 69.9 cm³/mol. The monoisotopic (exact) mass is 228 g/mol. The number of phenols is 2. The molecule has 0 spiro atoms. The lowest BCUT2D eigenvalue weighted by molar-refractivity contribution is 0.391. The molecule has 0 aliphatic carbocycles. The molecule has 0 amide bonds. The average Bonchev–Trinajstić information content (AvgIpc) is 2.34. The van der Waals surface area contributed by atoms with E-state index in [0.29, 0.717) is 11.3 Å². The van der Waals surface area contributed by atoms with Crippen LogP contribution in [0.5, 0.6) is 17.2 Å². The molecule has 2 N–H and O–H groups in total. The highest BCUT2D eigenvalue weighted by Crippen LogP contribution is 2.41. The lowest BCUT2D eigenvalue weighted by Crippen LogP contribution is -2.08. The Hall–Kier alpha value is -2.10. The van der Waals surface area contributed by atoms with Gasteiger partial charge in [0.1, 0.15) is 13.6 Å². The van der Waals surface area contributed by atoms with Crippen molar-refractivity contribution in [1.82, 2.24) is 0 Å². The van der Waals surface area contributed by atoms with Crippen LogP contribution in [0.25, 0.3) is 11.1 Å². The Morgan fingerprint density at radius 2 is 1.76 bits per heavy atom. The van der Waals surface area contributed by atoms with Gasteiger partial charge in [0.05, 0.1) is 12.7 Å². The van der Waals surface area contributed by atoms with Crippen molar-refractivity contribution in [1.29, 1.82) is 0 Å². The van der Waals surface area contributed by atoms with E-state index in [4.69, 9.17) is 4.74 Å². The zero-order valence-corrected chi connectivity index (χ0v) is 9.77. The molecule has 4 heteroatoms. The third-order valence-corrected chi connectivity index (χ3v) is 2.68. The fourth-order valence-electron chi connectivity index (χ4n) is 1.91. The third kappa shape index (κ3) is 1.94. The molecule has 2 rings (SSSR count). The van der Waals surface area contributed by atoms with Crippen LogP contribution in [-0.2, 0) is 0 Å². The number of methoxy groups -OCH3 is 1. The van der Waals surface area contributed by atoms with Crippen LogP contribution in [-0.4, -0.2) is 25.2 Å². The van der Waals surface area contributed by atoms with Crippen LogP contribution in [0.15, 0.2) is 36.4 Å². The van der Waals surface area contributed by atoms with Gasteiger partial charge in [0.25, 0.3) is 0 Å². The van der Waals surface area contributed by atoms with Gasteiger partial charge >= 0.3 is 0 Å². The fourth-order valence-corrected chi connectivity index (χ4v) is 1.91. The maximum atomic E-state index is 9.96. The summed E-state index contributed by atoms with van der Waals surface area (Å²) in [5.74, 6) is 0.285. The van der Waals surface area contributed by atoms with Gasteiger partial charge in [0.2, 0.25) is 0 Å². The van der Waals surface area contributed by atoms with Crippen molar-refractivity contribution < 1.29 is 14.9 Å². The summed E-state index contributed by atoms with van der Waals surface area (Å²) in [5.41, 5.74) is 2.10. The number of ether oxygens (including phenoxy) is 1. The molecule has 0 radical (unpaired) electrons. The van der Waals surface area contributed by atoms with Gasteiger partial charge in [0, 0.05) is 0 Å². The molecule has 3 nitrogen and oxygen atoms in total. The van der Waals surface area contributed by atoms with Crippen molar-refractivity contribution in [2.24, 2.45) is 0 Å². The average molecular weight is 228 g/mol. The number of aromatic hydroxyl groups is 2. The molecule has 17 heavy (non-hydrogen) atoms. The van der Waals surface area contributed by atoms with Crippen LogP contribution in [0.2, 0.25) is 0 Å². The Kier molecular flexibility index (Phi) is 2.96. The summed E-state index contributed by atoms with van der Waals surface area (Å²) < 4.78 is 5.30. The van der Waals surface area contributed by atoms with E-state index in [2.05, 4.69) is 0 Å². The smallest absolute Gasteiger partial charge is 0.169 e. The first-order valence-electron chi connectivity index (χ1n) is 5.30. The normalized spacial score (nSPS) is 10.2. The highest BCUT2D eigenvalue weighted by Gasteiger charge is 2.17. The van der Waals surface area contributed by atoms with Crippen molar-refractivity contribution in [3.8, 4) is 28.4 Å². The summed E-state index contributed by atoms with van der Waals surface area (Å²) in [6, 6.07) is 10.8. The summed E-state index contributed by atoms with van der Waals surface area (Å²) in [4.78, 5) is 0. The van der Waals surface area contributed by atoms with Crippen molar-refractivity contribution in [3.63, 3.8) is 0 Å². The van der Waals surface area contributed by atoms with Crippen LogP contribution in [0.4, 0.5) is 0 Å². The molecule has 0 unspecified atom stereocenters. The van der Waals surface area contributed by atoms with Crippen molar-refractivity contribution in [2.45, 2.75) is 0 Å². The van der Waals surface area contributed by atoms with E-state index in [0.717, 1.165) is 11.0 Å². The standard InChI is InChI=1S/C13H13BO3/c1-17-13-9(14)7-10(15)12(16)11(13)8-5-3-2-4-6-8/h2-7,15-16H,14H2,1H3. The maximum absolute atomic E-state index is 9.96. The summed E-state index contributed by atoms with van der Waals surface area (Å²) in [6.45, 7) is 0. The molecule has 86 valence electrons. The number of hydrogen-bond acceptors (Lipinski definition) is 3. The predicted octanol–water partition coefficient (Wildman–Crippen LogP) is 1.03. The zero-order chi connectivity index (χ0) is 12.4. The fraction of sp³-hybridized carbons (Fsp3) is 0.0769. The molecule has 0 atom stereocenters. The maximum Gasteiger partial charge on any atom is 0.169 e. The lowest BCUT2D eigenvalue weighted by atomic mass is 9.89. The minimum absolute atomic E-state index is 0.137. The molecule has 0 aromatic heterocycles. The van der Waals surface area contributed by atoms with E-state index in [-0.39, 0.29) is 11.5 Å². The molecule has 0 saturated heterocycles. The van der Waals surface area contributed by atoms with Crippen LogP contribution >= 0.6 is 0 Å². The second-order valence-corrected chi connectivity index (χ2v) is 3.84. The zero-order valence-electron chi connectivity index (χ0n) is 9.77. The number of rotatable bonds is 2. The van der Waals surface area contributed by atoms with E-state index in [1.165, 1.54) is 6.07 Å². The second-order valence-electron chi connectivity index (χ2n) is 3.84.